The van der Waals surface area contributed by atoms with Crippen LogP contribution in [0.1, 0.15) is 58.8 Å². The summed E-state index contributed by atoms with van der Waals surface area (Å²) in [5, 5.41) is 0. The highest BCUT2D eigenvalue weighted by Crippen LogP contribution is 2.75. The number of methoxy groups -OCH3 is 1. The molecule has 0 aromatic carbocycles. The van der Waals surface area contributed by atoms with Crippen LogP contribution < -0.4 is 0 Å². The van der Waals surface area contributed by atoms with Crippen molar-refractivity contribution in [3.63, 3.8) is 0 Å². The van der Waals surface area contributed by atoms with Crippen LogP contribution >= 0.6 is 0 Å². The van der Waals surface area contributed by atoms with Gasteiger partial charge in [0.15, 0.2) is 5.78 Å². The molecule has 0 radical (unpaired) electrons. The van der Waals surface area contributed by atoms with Crippen LogP contribution in [0.15, 0.2) is 11.6 Å². The minimum atomic E-state index is -0.459. The molecule has 2 heterocycles. The molecular weight excluding hydrogens is 384 g/mol. The molecule has 1 spiro atoms. The molecule has 0 aromatic heterocycles. The lowest BCUT2D eigenvalue weighted by molar-refractivity contribution is -0.172. The minimum absolute atomic E-state index is 0.0552. The summed E-state index contributed by atoms with van der Waals surface area (Å²) in [7, 11) is 1.46. The molecule has 0 bridgehead atoms. The molecule has 5 fully saturated rings. The number of hydrogen-bond donors (Lipinski definition) is 0. The summed E-state index contributed by atoms with van der Waals surface area (Å²) in [6.45, 7) is 4.52. The molecule has 162 valence electrons. The Morgan fingerprint density at radius 1 is 1.17 bits per heavy atom. The van der Waals surface area contributed by atoms with E-state index in [0.29, 0.717) is 19.3 Å². The standard InChI is InChI=1S/C24H30O6/c1-22-7-4-13(25)10-12(22)11-14(21(27)28-3)17-15-5-8-24(9-6-16(26)30-24)23(15,2)20-19(29-20)18(17)22/h10,14-15,17-20H,4-9,11H2,1-3H3/t14-,15?,17?,18?,19+,20?,22+,23-,24?/m1/s1. The van der Waals surface area contributed by atoms with E-state index in [4.69, 9.17) is 14.2 Å². The summed E-state index contributed by atoms with van der Waals surface area (Å²) < 4.78 is 17.7. The third-order valence-corrected chi connectivity index (χ3v) is 10.1. The molecule has 9 atom stereocenters. The third-order valence-electron chi connectivity index (χ3n) is 10.1. The third kappa shape index (κ3) is 2.07. The molecule has 3 saturated carbocycles. The van der Waals surface area contributed by atoms with Gasteiger partial charge >= 0.3 is 11.9 Å². The zero-order chi connectivity index (χ0) is 21.1. The normalized spacial score (nSPS) is 53.2. The number of fused-ring (bicyclic) bond motifs is 9. The first-order valence-electron chi connectivity index (χ1n) is 11.4. The first-order valence-corrected chi connectivity index (χ1v) is 11.4. The van der Waals surface area contributed by atoms with Crippen molar-refractivity contribution in [1.82, 2.24) is 0 Å². The molecule has 0 amide bonds. The van der Waals surface area contributed by atoms with Crippen LogP contribution in [0.3, 0.4) is 0 Å². The first kappa shape index (κ1) is 19.0. The Hall–Kier alpha value is -1.69. The van der Waals surface area contributed by atoms with Gasteiger partial charge in [0.1, 0.15) is 5.60 Å². The fraction of sp³-hybridized carbons (Fsp3) is 0.792. The van der Waals surface area contributed by atoms with Crippen LogP contribution in [0.5, 0.6) is 0 Å². The van der Waals surface area contributed by atoms with Crippen LogP contribution in [0.2, 0.25) is 0 Å². The zero-order valence-electron chi connectivity index (χ0n) is 17.9. The highest BCUT2D eigenvalue weighted by molar-refractivity contribution is 5.92. The van der Waals surface area contributed by atoms with Crippen LogP contribution in [0, 0.1) is 34.5 Å². The summed E-state index contributed by atoms with van der Waals surface area (Å²) in [6, 6.07) is 0. The van der Waals surface area contributed by atoms with Crippen molar-refractivity contribution in [2.75, 3.05) is 7.11 Å². The largest absolute Gasteiger partial charge is 0.469 e. The quantitative estimate of drug-likeness (QED) is 0.485. The van der Waals surface area contributed by atoms with E-state index in [0.717, 1.165) is 31.3 Å². The molecule has 4 aliphatic carbocycles. The molecule has 2 saturated heterocycles. The van der Waals surface area contributed by atoms with Gasteiger partial charge in [0.2, 0.25) is 0 Å². The highest BCUT2D eigenvalue weighted by atomic mass is 16.6. The van der Waals surface area contributed by atoms with E-state index in [1.807, 2.05) is 0 Å². The number of carbonyl (C=O) groups is 3. The van der Waals surface area contributed by atoms with Gasteiger partial charge in [-0.1, -0.05) is 19.4 Å². The lowest BCUT2D eigenvalue weighted by Crippen LogP contribution is -2.61. The van der Waals surface area contributed by atoms with Gasteiger partial charge in [-0.15, -0.1) is 0 Å². The Balaban J connectivity index is 1.48. The maximum absolute atomic E-state index is 13.0. The fourth-order valence-electron chi connectivity index (χ4n) is 8.62. The van der Waals surface area contributed by atoms with E-state index in [1.165, 1.54) is 7.11 Å². The number of hydrogen-bond acceptors (Lipinski definition) is 6. The van der Waals surface area contributed by atoms with Crippen molar-refractivity contribution in [3.8, 4) is 0 Å². The molecule has 30 heavy (non-hydrogen) atoms. The number of ether oxygens (including phenoxy) is 3. The second-order valence-electron chi connectivity index (χ2n) is 10.9. The molecule has 0 N–H and O–H groups in total. The van der Waals surface area contributed by atoms with Crippen molar-refractivity contribution in [1.29, 1.82) is 0 Å². The van der Waals surface area contributed by atoms with Crippen LogP contribution in [-0.4, -0.2) is 42.6 Å². The second kappa shape index (κ2) is 5.76. The van der Waals surface area contributed by atoms with Gasteiger partial charge in [0, 0.05) is 24.2 Å². The van der Waals surface area contributed by atoms with E-state index < -0.39 is 5.60 Å². The average molecular weight is 414 g/mol. The Morgan fingerprint density at radius 3 is 2.67 bits per heavy atom. The zero-order valence-corrected chi connectivity index (χ0v) is 17.9. The maximum Gasteiger partial charge on any atom is 0.309 e. The Kier molecular flexibility index (Phi) is 3.65. The Bertz CT molecular complexity index is 892. The van der Waals surface area contributed by atoms with Crippen molar-refractivity contribution in [3.05, 3.63) is 11.6 Å². The predicted octanol–water partition coefficient (Wildman–Crippen LogP) is 2.98. The first-order chi connectivity index (χ1) is 14.2. The number of rotatable bonds is 1. The summed E-state index contributed by atoms with van der Waals surface area (Å²) in [5.74, 6) is 0.176. The van der Waals surface area contributed by atoms with Gasteiger partial charge < -0.3 is 14.2 Å². The topological polar surface area (TPSA) is 82.2 Å². The van der Waals surface area contributed by atoms with Gasteiger partial charge in [-0.05, 0) is 55.4 Å². The summed E-state index contributed by atoms with van der Waals surface area (Å²) in [5.41, 5.74) is 0.262. The van der Waals surface area contributed by atoms with Gasteiger partial charge in [0.05, 0.1) is 25.2 Å². The molecule has 6 rings (SSSR count). The van der Waals surface area contributed by atoms with Gasteiger partial charge in [-0.2, -0.15) is 0 Å². The summed E-state index contributed by atoms with van der Waals surface area (Å²) in [6.07, 6.45) is 6.91. The molecule has 5 unspecified atom stereocenters. The molecule has 6 aliphatic rings. The lowest BCUT2D eigenvalue weighted by atomic mass is 9.44. The summed E-state index contributed by atoms with van der Waals surface area (Å²) >= 11 is 0. The molecular formula is C24H30O6. The van der Waals surface area contributed by atoms with Crippen LogP contribution in [0.4, 0.5) is 0 Å². The average Bonchev–Trinajstić information content (AvgIpc) is 3.35. The number of ketones is 1. The van der Waals surface area contributed by atoms with E-state index >= 15 is 0 Å². The minimum Gasteiger partial charge on any atom is -0.469 e. The van der Waals surface area contributed by atoms with Crippen LogP contribution in [-0.2, 0) is 28.6 Å². The smallest absolute Gasteiger partial charge is 0.309 e. The van der Waals surface area contributed by atoms with E-state index in [9.17, 15) is 14.4 Å². The van der Waals surface area contributed by atoms with Crippen molar-refractivity contribution in [2.24, 2.45) is 34.5 Å². The van der Waals surface area contributed by atoms with Crippen molar-refractivity contribution < 1.29 is 28.6 Å². The number of esters is 2. The van der Waals surface area contributed by atoms with Crippen LogP contribution in [0.25, 0.3) is 0 Å². The number of epoxide rings is 1. The molecule has 2 aliphatic heterocycles. The predicted molar refractivity (Wildman–Crippen MR) is 105 cm³/mol. The van der Waals surface area contributed by atoms with Crippen molar-refractivity contribution in [2.45, 2.75) is 76.6 Å². The lowest BCUT2D eigenvalue weighted by Gasteiger charge is -2.58. The monoisotopic (exact) mass is 414 g/mol. The van der Waals surface area contributed by atoms with E-state index in [1.54, 1.807) is 6.08 Å². The number of carbonyl (C=O) groups excluding carboxylic acids is 3. The van der Waals surface area contributed by atoms with Crippen molar-refractivity contribution >= 4 is 17.7 Å². The molecule has 6 heteroatoms. The van der Waals surface area contributed by atoms with Gasteiger partial charge in [-0.25, -0.2) is 0 Å². The highest BCUT2D eigenvalue weighted by Gasteiger charge is 2.79. The van der Waals surface area contributed by atoms with Gasteiger partial charge in [-0.3, -0.25) is 14.4 Å². The second-order valence-corrected chi connectivity index (χ2v) is 10.9. The summed E-state index contributed by atoms with van der Waals surface area (Å²) in [4.78, 5) is 37.4. The Labute approximate surface area is 176 Å². The molecule has 0 aromatic rings. The molecule has 6 nitrogen and oxygen atoms in total. The number of allylic oxidation sites excluding steroid dienone is 1. The maximum atomic E-state index is 13.0. The van der Waals surface area contributed by atoms with Gasteiger partial charge in [0.25, 0.3) is 0 Å². The fourth-order valence-corrected chi connectivity index (χ4v) is 8.62. The Morgan fingerprint density at radius 2 is 1.97 bits per heavy atom. The SMILES string of the molecule is COC(=O)[C@@H]1CC2=CC(=O)CC[C@]2(C)C2C1C1CCC3(CCC(=O)O3)[C@@]1(C)C1O[C@H]12. The van der Waals surface area contributed by atoms with E-state index in [2.05, 4.69) is 13.8 Å². The van der Waals surface area contributed by atoms with E-state index in [-0.39, 0.29) is 64.4 Å².